The molecule has 0 saturated carbocycles. The van der Waals surface area contributed by atoms with Gasteiger partial charge >= 0.3 is 0 Å². The van der Waals surface area contributed by atoms with Gasteiger partial charge in [0.15, 0.2) is 0 Å². The van der Waals surface area contributed by atoms with E-state index in [0.717, 1.165) is 12.0 Å². The largest absolute Gasteiger partial charge is 0.344 e. The lowest BCUT2D eigenvalue weighted by Gasteiger charge is -2.24. The molecule has 3 rings (SSSR count). The number of nitrogens with one attached hydrogen (secondary N) is 2. The van der Waals surface area contributed by atoms with Gasteiger partial charge in [-0.1, -0.05) is 69.4 Å². The van der Waals surface area contributed by atoms with Gasteiger partial charge in [-0.3, -0.25) is 14.9 Å². The van der Waals surface area contributed by atoms with Crippen molar-refractivity contribution in [1.82, 2.24) is 15.5 Å². The maximum atomic E-state index is 13.2. The molecule has 6 nitrogen and oxygen atoms in total. The molecular weight excluding hydrogens is 451 g/mol. The Morgan fingerprint density at radius 2 is 1.71 bits per heavy atom. The summed E-state index contributed by atoms with van der Waals surface area (Å²) in [6.45, 7) is 8.50. The molecule has 2 amide bonds. The molecule has 1 heterocycles. The number of nitrogens with zero attached hydrogens (tertiary/aromatic N) is 2. The van der Waals surface area contributed by atoms with Gasteiger partial charge < -0.3 is 5.32 Å². The molecule has 0 spiro atoms. The van der Waals surface area contributed by atoms with Gasteiger partial charge in [0.05, 0.1) is 0 Å². The molecule has 0 saturated heterocycles. The van der Waals surface area contributed by atoms with Crippen LogP contribution in [0.3, 0.4) is 0 Å². The highest BCUT2D eigenvalue weighted by Gasteiger charge is 2.25. The molecule has 0 aliphatic carbocycles. The number of carbonyl (C=O) groups excluding carboxylic acids is 2. The smallest absolute Gasteiger partial charge is 0.249 e. The molecule has 8 heteroatoms. The normalized spacial score (nSPS) is 13.2. The number of carbonyl (C=O) groups is 2. The number of amides is 2. The van der Waals surface area contributed by atoms with E-state index in [1.165, 1.54) is 23.5 Å². The van der Waals surface area contributed by atoms with Crippen molar-refractivity contribution in [3.63, 3.8) is 0 Å². The van der Waals surface area contributed by atoms with Gasteiger partial charge in [0.2, 0.25) is 16.9 Å². The number of rotatable bonds is 9. The monoisotopic (exact) mass is 482 g/mol. The highest BCUT2D eigenvalue weighted by molar-refractivity contribution is 7.18. The summed E-state index contributed by atoms with van der Waals surface area (Å²) in [7, 11) is 0. The van der Waals surface area contributed by atoms with Gasteiger partial charge in [-0.2, -0.15) is 0 Å². The molecule has 180 valence electrons. The molecule has 0 radical (unpaired) electrons. The van der Waals surface area contributed by atoms with E-state index in [4.69, 9.17) is 0 Å². The number of hydrogen-bond donors (Lipinski definition) is 2. The molecule has 2 aromatic carbocycles. The second-order valence-corrected chi connectivity index (χ2v) is 10.8. The average Bonchev–Trinajstić information content (AvgIpc) is 3.21. The third kappa shape index (κ3) is 8.02. The third-order valence-electron chi connectivity index (χ3n) is 5.18. The van der Waals surface area contributed by atoms with E-state index in [0.29, 0.717) is 28.5 Å². The highest BCUT2D eigenvalue weighted by atomic mass is 32.1. The van der Waals surface area contributed by atoms with E-state index >= 15 is 0 Å². The molecular formula is C26H31FN4O2S. The maximum absolute atomic E-state index is 13.2. The van der Waals surface area contributed by atoms with Gasteiger partial charge in [0, 0.05) is 18.4 Å². The van der Waals surface area contributed by atoms with E-state index in [-0.39, 0.29) is 29.0 Å². The van der Waals surface area contributed by atoms with Crippen LogP contribution in [-0.2, 0) is 16.0 Å². The third-order valence-corrected chi connectivity index (χ3v) is 6.06. The van der Waals surface area contributed by atoms with Crippen LogP contribution < -0.4 is 10.6 Å². The van der Waals surface area contributed by atoms with Gasteiger partial charge in [-0.05, 0) is 47.6 Å². The molecule has 2 N–H and O–H groups in total. The quantitative estimate of drug-likeness (QED) is 0.423. The first-order valence-corrected chi connectivity index (χ1v) is 12.1. The van der Waals surface area contributed by atoms with Gasteiger partial charge in [0.1, 0.15) is 16.9 Å². The first-order valence-electron chi connectivity index (χ1n) is 11.3. The number of aromatic nitrogens is 2. The average molecular weight is 483 g/mol. The highest BCUT2D eigenvalue weighted by Crippen LogP contribution is 2.27. The van der Waals surface area contributed by atoms with Crippen LogP contribution >= 0.6 is 11.3 Å². The standard InChI is InChI=1S/C26H31FN4O2S/c1-17(16-26(2,3)4)14-22(32)28-21(15-18-8-6-5-7-9-18)23(33)29-25-31-30-24(34-25)19-10-12-20(27)13-11-19/h5-13,17,21H,14-16H2,1-4H3,(H,28,32)(H,29,31,33)/t17-,21-/m1/s1. The fourth-order valence-electron chi connectivity index (χ4n) is 3.92. The van der Waals surface area contributed by atoms with Crippen LogP contribution in [0.2, 0.25) is 0 Å². The summed E-state index contributed by atoms with van der Waals surface area (Å²) in [5.74, 6) is -0.653. The second kappa shape index (κ2) is 11.3. The fraction of sp³-hybridized carbons (Fsp3) is 0.385. The van der Waals surface area contributed by atoms with Crippen molar-refractivity contribution in [3.8, 4) is 10.6 Å². The molecule has 0 unspecified atom stereocenters. The summed E-state index contributed by atoms with van der Waals surface area (Å²) < 4.78 is 13.2. The van der Waals surface area contributed by atoms with Gasteiger partial charge in [-0.15, -0.1) is 10.2 Å². The minimum absolute atomic E-state index is 0.126. The molecule has 0 bridgehead atoms. The summed E-state index contributed by atoms with van der Waals surface area (Å²) in [4.78, 5) is 25.9. The Kier molecular flexibility index (Phi) is 8.50. The van der Waals surface area contributed by atoms with Gasteiger partial charge in [-0.25, -0.2) is 4.39 Å². The Morgan fingerprint density at radius 1 is 1.03 bits per heavy atom. The maximum Gasteiger partial charge on any atom is 0.249 e. The zero-order valence-electron chi connectivity index (χ0n) is 20.0. The minimum Gasteiger partial charge on any atom is -0.344 e. The predicted octanol–water partition coefficient (Wildman–Crippen LogP) is 5.47. The molecule has 3 aromatic rings. The summed E-state index contributed by atoms with van der Waals surface area (Å²) >= 11 is 1.19. The Bertz CT molecular complexity index is 1090. The van der Waals surface area contributed by atoms with Crippen LogP contribution in [0.1, 0.15) is 46.1 Å². The lowest BCUT2D eigenvalue weighted by Crippen LogP contribution is -2.45. The summed E-state index contributed by atoms with van der Waals surface area (Å²) in [5.41, 5.74) is 1.77. The molecule has 0 aliphatic heterocycles. The second-order valence-electron chi connectivity index (χ2n) is 9.79. The van der Waals surface area contributed by atoms with Crippen LogP contribution in [0.15, 0.2) is 54.6 Å². The SMILES string of the molecule is C[C@H](CC(=O)N[C@H](Cc1ccccc1)C(=O)Nc1nnc(-c2ccc(F)cc2)s1)CC(C)(C)C. The van der Waals surface area contributed by atoms with Crippen molar-refractivity contribution in [2.45, 2.75) is 53.0 Å². The predicted molar refractivity (Wildman–Crippen MR) is 134 cm³/mol. The molecule has 0 fully saturated rings. The van der Waals surface area contributed by atoms with Crippen molar-refractivity contribution >= 4 is 28.3 Å². The van der Waals surface area contributed by atoms with E-state index in [1.807, 2.05) is 30.3 Å². The van der Waals surface area contributed by atoms with Crippen LogP contribution in [0.25, 0.3) is 10.6 Å². The molecule has 1 aromatic heterocycles. The van der Waals surface area contributed by atoms with Crippen LogP contribution in [-0.4, -0.2) is 28.1 Å². The van der Waals surface area contributed by atoms with E-state index in [1.54, 1.807) is 12.1 Å². The number of anilines is 1. The van der Waals surface area contributed by atoms with Crippen LogP contribution in [0.4, 0.5) is 9.52 Å². The number of halogens is 1. The molecule has 0 aliphatic rings. The van der Waals surface area contributed by atoms with Crippen LogP contribution in [0.5, 0.6) is 0 Å². The van der Waals surface area contributed by atoms with Crippen molar-refractivity contribution in [1.29, 1.82) is 0 Å². The van der Waals surface area contributed by atoms with E-state index < -0.39 is 6.04 Å². The lowest BCUT2D eigenvalue weighted by atomic mass is 9.84. The molecule has 34 heavy (non-hydrogen) atoms. The zero-order valence-corrected chi connectivity index (χ0v) is 20.8. The lowest BCUT2D eigenvalue weighted by molar-refractivity contribution is -0.127. The van der Waals surface area contributed by atoms with Crippen molar-refractivity contribution in [2.24, 2.45) is 11.3 Å². The Labute approximate surface area is 204 Å². The van der Waals surface area contributed by atoms with Crippen molar-refractivity contribution in [3.05, 3.63) is 66.0 Å². The van der Waals surface area contributed by atoms with Gasteiger partial charge in [0.25, 0.3) is 0 Å². The van der Waals surface area contributed by atoms with E-state index in [2.05, 4.69) is 48.5 Å². The summed E-state index contributed by atoms with van der Waals surface area (Å²) in [6.07, 6.45) is 1.62. The van der Waals surface area contributed by atoms with Crippen molar-refractivity contribution < 1.29 is 14.0 Å². The van der Waals surface area contributed by atoms with Crippen molar-refractivity contribution in [2.75, 3.05) is 5.32 Å². The summed E-state index contributed by atoms with van der Waals surface area (Å²) in [5, 5.41) is 14.7. The Morgan fingerprint density at radius 3 is 2.35 bits per heavy atom. The van der Waals surface area contributed by atoms with E-state index in [9.17, 15) is 14.0 Å². The Balaban J connectivity index is 1.69. The zero-order chi connectivity index (χ0) is 24.7. The number of hydrogen-bond acceptors (Lipinski definition) is 5. The first-order chi connectivity index (χ1) is 16.1. The fourth-order valence-corrected chi connectivity index (χ4v) is 4.67. The van der Waals surface area contributed by atoms with Crippen LogP contribution in [0, 0.1) is 17.2 Å². The Hall–Kier alpha value is -3.13. The number of benzene rings is 2. The first kappa shape index (κ1) is 25.5. The topological polar surface area (TPSA) is 84.0 Å². The summed E-state index contributed by atoms with van der Waals surface area (Å²) in [6, 6.07) is 14.7. The molecule has 2 atom stereocenters. The minimum atomic E-state index is -0.755.